The van der Waals surface area contributed by atoms with Crippen LogP contribution in [0.5, 0.6) is 0 Å². The smallest absolute Gasteiger partial charge is 0.337 e. The summed E-state index contributed by atoms with van der Waals surface area (Å²) in [5.41, 5.74) is 2.62. The number of benzene rings is 1. The van der Waals surface area contributed by atoms with Crippen LogP contribution in [-0.2, 0) is 9.53 Å². The summed E-state index contributed by atoms with van der Waals surface area (Å²) >= 11 is 0. The highest BCUT2D eigenvalue weighted by Gasteiger charge is 2.39. The zero-order valence-corrected chi connectivity index (χ0v) is 15.3. The third-order valence-corrected chi connectivity index (χ3v) is 4.91. The van der Waals surface area contributed by atoms with E-state index in [1.54, 1.807) is 24.3 Å². The number of carbonyl (C=O) groups is 2. The Bertz CT molecular complexity index is 943. The monoisotopic (exact) mass is 368 g/mol. The molecule has 2 aliphatic rings. The minimum Gasteiger partial charge on any atom is -0.465 e. The Morgan fingerprint density at radius 2 is 1.89 bits per heavy atom. The quantitative estimate of drug-likeness (QED) is 0.779. The molecule has 1 aromatic carbocycles. The number of fused-ring (bicyclic) bond motifs is 1. The summed E-state index contributed by atoms with van der Waals surface area (Å²) in [4.78, 5) is 24.7. The van der Waals surface area contributed by atoms with Crippen molar-refractivity contribution in [2.24, 2.45) is 5.41 Å². The number of carbonyl (C=O) groups excluding carboxylic acids is 2. The van der Waals surface area contributed by atoms with Crippen LogP contribution in [0.2, 0.25) is 0 Å². The first-order valence-corrected chi connectivity index (χ1v) is 8.68. The van der Waals surface area contributed by atoms with E-state index in [-0.39, 0.29) is 11.2 Å². The molecule has 2 N–H and O–H groups in total. The highest BCUT2D eigenvalue weighted by Crippen LogP contribution is 2.44. The Kier molecular flexibility index (Phi) is 3.98. The van der Waals surface area contributed by atoms with Gasteiger partial charge in [-0.1, -0.05) is 26.0 Å². The van der Waals surface area contributed by atoms with Gasteiger partial charge in [0.25, 0.3) is 0 Å². The van der Waals surface area contributed by atoms with E-state index in [4.69, 9.17) is 9.37 Å². The van der Waals surface area contributed by atoms with Gasteiger partial charge in [-0.25, -0.2) is 9.42 Å². The van der Waals surface area contributed by atoms with Crippen LogP contribution in [0.25, 0.3) is 0 Å². The Balaban J connectivity index is 1.80. The number of rotatable bonds is 2. The van der Waals surface area contributed by atoms with E-state index in [1.165, 1.54) is 7.11 Å². The summed E-state index contributed by atoms with van der Waals surface area (Å²) in [6.45, 7) is 4.13. The molecule has 1 unspecified atom stereocenters. The SMILES string of the molecule is COC(=O)c1ccc(C2Nc3nonc3NC3=C2C(=O)CC(C)(C)C3)cc1. The van der Waals surface area contributed by atoms with Gasteiger partial charge in [-0.05, 0) is 39.8 Å². The number of nitrogens with zero attached hydrogens (tertiary/aromatic N) is 2. The van der Waals surface area contributed by atoms with Crippen molar-refractivity contribution in [3.8, 4) is 0 Å². The maximum atomic E-state index is 13.0. The van der Waals surface area contributed by atoms with Gasteiger partial charge in [-0.2, -0.15) is 0 Å². The van der Waals surface area contributed by atoms with Gasteiger partial charge in [-0.3, -0.25) is 4.79 Å². The van der Waals surface area contributed by atoms with Crippen molar-refractivity contribution in [3.05, 3.63) is 46.7 Å². The first-order valence-electron chi connectivity index (χ1n) is 8.68. The van der Waals surface area contributed by atoms with Crippen LogP contribution in [0.15, 0.2) is 40.2 Å². The van der Waals surface area contributed by atoms with E-state index in [9.17, 15) is 9.59 Å². The largest absolute Gasteiger partial charge is 0.465 e. The summed E-state index contributed by atoms with van der Waals surface area (Å²) in [7, 11) is 1.34. The zero-order valence-electron chi connectivity index (χ0n) is 15.3. The van der Waals surface area contributed by atoms with E-state index in [0.717, 1.165) is 11.3 Å². The fourth-order valence-corrected chi connectivity index (χ4v) is 3.68. The minimum atomic E-state index is -0.420. The lowest BCUT2D eigenvalue weighted by atomic mass is 9.73. The number of hydrogen-bond donors (Lipinski definition) is 2. The van der Waals surface area contributed by atoms with Crippen LogP contribution >= 0.6 is 0 Å². The molecule has 0 saturated carbocycles. The molecule has 0 bridgehead atoms. The molecule has 2 aromatic rings. The van der Waals surface area contributed by atoms with Crippen LogP contribution < -0.4 is 10.6 Å². The minimum absolute atomic E-state index is 0.0744. The van der Waals surface area contributed by atoms with E-state index in [0.29, 0.717) is 35.6 Å². The van der Waals surface area contributed by atoms with E-state index >= 15 is 0 Å². The maximum absolute atomic E-state index is 13.0. The average molecular weight is 368 g/mol. The lowest BCUT2D eigenvalue weighted by Gasteiger charge is -2.34. The molecule has 1 atom stereocenters. The lowest BCUT2D eigenvalue weighted by Crippen LogP contribution is -2.31. The van der Waals surface area contributed by atoms with Gasteiger partial charge < -0.3 is 15.4 Å². The lowest BCUT2D eigenvalue weighted by molar-refractivity contribution is -0.118. The van der Waals surface area contributed by atoms with Crippen molar-refractivity contribution in [1.29, 1.82) is 0 Å². The molecule has 8 heteroatoms. The summed E-state index contributed by atoms with van der Waals surface area (Å²) in [5.74, 6) is 0.569. The number of ketones is 1. The van der Waals surface area contributed by atoms with E-state index in [2.05, 4.69) is 34.8 Å². The number of aromatic nitrogens is 2. The molecule has 140 valence electrons. The zero-order chi connectivity index (χ0) is 19.2. The van der Waals surface area contributed by atoms with Crippen molar-refractivity contribution in [3.63, 3.8) is 0 Å². The molecule has 0 radical (unpaired) electrons. The predicted octanol–water partition coefficient (Wildman–Crippen LogP) is 3.08. The van der Waals surface area contributed by atoms with Crippen LogP contribution in [0.3, 0.4) is 0 Å². The molecule has 0 amide bonds. The van der Waals surface area contributed by atoms with Crippen molar-refractivity contribution in [1.82, 2.24) is 10.3 Å². The number of methoxy groups -OCH3 is 1. The van der Waals surface area contributed by atoms with Gasteiger partial charge in [0.1, 0.15) is 0 Å². The molecular weight excluding hydrogens is 348 g/mol. The van der Waals surface area contributed by atoms with Crippen molar-refractivity contribution in [2.75, 3.05) is 17.7 Å². The first-order chi connectivity index (χ1) is 12.9. The summed E-state index contributed by atoms with van der Waals surface area (Å²) < 4.78 is 9.58. The van der Waals surface area contributed by atoms with Crippen molar-refractivity contribution < 1.29 is 19.0 Å². The molecule has 1 aromatic heterocycles. The van der Waals surface area contributed by atoms with Crippen LogP contribution in [0.1, 0.15) is 48.7 Å². The molecule has 0 saturated heterocycles. The first kappa shape index (κ1) is 17.3. The van der Waals surface area contributed by atoms with E-state index < -0.39 is 12.0 Å². The normalized spacial score (nSPS) is 20.7. The molecule has 0 spiro atoms. The van der Waals surface area contributed by atoms with Crippen LogP contribution in [0, 0.1) is 5.41 Å². The van der Waals surface area contributed by atoms with Gasteiger partial charge in [0.05, 0.1) is 18.7 Å². The fraction of sp³-hybridized carbons (Fsp3) is 0.368. The number of esters is 1. The third kappa shape index (κ3) is 3.07. The van der Waals surface area contributed by atoms with Crippen LogP contribution in [0.4, 0.5) is 11.6 Å². The van der Waals surface area contributed by atoms with Gasteiger partial charge >= 0.3 is 5.97 Å². The van der Waals surface area contributed by atoms with E-state index in [1.807, 2.05) is 0 Å². The number of ether oxygens (including phenoxy) is 1. The topological polar surface area (TPSA) is 106 Å². The molecule has 1 aliphatic carbocycles. The fourth-order valence-electron chi connectivity index (χ4n) is 3.68. The standard InChI is InChI=1S/C19H20N4O4/c1-19(2)8-12-14(13(24)9-19)15(21-17-16(20-12)22-27-23-17)10-4-6-11(7-5-10)18(25)26-3/h4-7,15H,8-9H2,1-3H3,(H,20,22)(H,21,23). The van der Waals surface area contributed by atoms with Gasteiger partial charge in [0.15, 0.2) is 5.78 Å². The summed E-state index contributed by atoms with van der Waals surface area (Å²) in [5, 5.41) is 14.3. The molecule has 27 heavy (non-hydrogen) atoms. The number of nitrogens with one attached hydrogen (secondary N) is 2. The second kappa shape index (κ2) is 6.22. The Hall–Kier alpha value is -3.16. The van der Waals surface area contributed by atoms with Gasteiger partial charge in [-0.15, -0.1) is 0 Å². The van der Waals surface area contributed by atoms with Crippen LogP contribution in [-0.4, -0.2) is 29.2 Å². The molecule has 4 rings (SSSR count). The highest BCUT2D eigenvalue weighted by atomic mass is 16.6. The Morgan fingerprint density at radius 3 is 2.59 bits per heavy atom. The third-order valence-electron chi connectivity index (χ3n) is 4.91. The summed E-state index contributed by atoms with van der Waals surface area (Å²) in [6.07, 6.45) is 1.17. The molecule has 2 heterocycles. The number of Topliss-reactive ketones (excluding diaryl/α,β-unsaturated/α-hetero) is 1. The summed E-state index contributed by atoms with van der Waals surface area (Å²) in [6, 6.07) is 6.55. The maximum Gasteiger partial charge on any atom is 0.337 e. The molecule has 8 nitrogen and oxygen atoms in total. The van der Waals surface area contributed by atoms with Gasteiger partial charge in [0, 0.05) is 17.7 Å². The molecular formula is C19H20N4O4. The number of anilines is 2. The second-order valence-corrected chi connectivity index (χ2v) is 7.61. The van der Waals surface area contributed by atoms with Gasteiger partial charge in [0.2, 0.25) is 11.6 Å². The molecule has 1 aliphatic heterocycles. The van der Waals surface area contributed by atoms with Crippen molar-refractivity contribution in [2.45, 2.75) is 32.7 Å². The second-order valence-electron chi connectivity index (χ2n) is 7.61. The average Bonchev–Trinajstić information content (AvgIpc) is 2.99. The predicted molar refractivity (Wildman–Crippen MR) is 97.1 cm³/mol. The number of allylic oxidation sites excluding steroid dienone is 1. The Labute approximate surface area is 155 Å². The highest BCUT2D eigenvalue weighted by molar-refractivity contribution is 6.00. The number of hydrogen-bond acceptors (Lipinski definition) is 8. The van der Waals surface area contributed by atoms with Crippen molar-refractivity contribution >= 4 is 23.4 Å². The molecule has 0 fully saturated rings. The Morgan fingerprint density at radius 1 is 1.19 bits per heavy atom.